The Balaban J connectivity index is 2.32. The Morgan fingerprint density at radius 3 is 2.32 bits per heavy atom. The predicted molar refractivity (Wildman–Crippen MR) is 70.4 cm³/mol. The van der Waals surface area contributed by atoms with Gasteiger partial charge in [-0.25, -0.2) is 0 Å². The van der Waals surface area contributed by atoms with Crippen molar-refractivity contribution < 1.29 is 13.5 Å². The van der Waals surface area contributed by atoms with Gasteiger partial charge >= 0.3 is 6.61 Å². The summed E-state index contributed by atoms with van der Waals surface area (Å²) < 4.78 is 28.5. The molecule has 0 fully saturated rings. The second-order valence-corrected chi connectivity index (χ2v) is 4.49. The lowest BCUT2D eigenvalue weighted by atomic mass is 9.98. The average molecular weight is 263 g/mol. The number of aromatic nitrogens is 1. The molecule has 0 aliphatic rings. The summed E-state index contributed by atoms with van der Waals surface area (Å²) in [5.74, 6) is 0.460. The molecule has 2 aromatic rings. The number of ether oxygens (including phenoxy) is 1. The van der Waals surface area contributed by atoms with Crippen molar-refractivity contribution >= 4 is 0 Å². The molecule has 1 aromatic carbocycles. The number of alkyl halides is 2. The Bertz CT molecular complexity index is 538. The third-order valence-corrected chi connectivity index (χ3v) is 2.78. The zero-order valence-electron chi connectivity index (χ0n) is 10.8. The Morgan fingerprint density at radius 1 is 1.05 bits per heavy atom. The van der Waals surface area contributed by atoms with Gasteiger partial charge in [0.15, 0.2) is 0 Å². The maximum atomic E-state index is 12.1. The van der Waals surface area contributed by atoms with Gasteiger partial charge in [-0.05, 0) is 29.7 Å². The Morgan fingerprint density at radius 2 is 1.74 bits per heavy atom. The molecular weight excluding hydrogens is 248 g/mol. The fraction of sp³-hybridized carbons (Fsp3) is 0.267. The van der Waals surface area contributed by atoms with Crippen molar-refractivity contribution in [1.82, 2.24) is 4.98 Å². The van der Waals surface area contributed by atoms with E-state index >= 15 is 0 Å². The fourth-order valence-corrected chi connectivity index (χ4v) is 1.94. The van der Waals surface area contributed by atoms with Gasteiger partial charge < -0.3 is 4.74 Å². The Kier molecular flexibility index (Phi) is 4.10. The first-order valence-electron chi connectivity index (χ1n) is 6.08. The van der Waals surface area contributed by atoms with E-state index in [1.165, 1.54) is 0 Å². The molecular formula is C15H15F2NO. The first-order valence-corrected chi connectivity index (χ1v) is 6.08. The van der Waals surface area contributed by atoms with E-state index in [1.807, 2.05) is 12.1 Å². The largest absolute Gasteiger partial charge is 0.435 e. The number of pyridine rings is 1. The van der Waals surface area contributed by atoms with Crippen molar-refractivity contribution in [3.8, 4) is 16.9 Å². The van der Waals surface area contributed by atoms with Crippen molar-refractivity contribution in [3.05, 3.63) is 48.3 Å². The van der Waals surface area contributed by atoms with E-state index in [2.05, 4.69) is 23.6 Å². The summed E-state index contributed by atoms with van der Waals surface area (Å²) in [5.41, 5.74) is 2.95. The highest BCUT2D eigenvalue weighted by Crippen LogP contribution is 2.28. The molecule has 0 aliphatic carbocycles. The highest BCUT2D eigenvalue weighted by atomic mass is 19.3. The van der Waals surface area contributed by atoms with Crippen LogP contribution in [-0.2, 0) is 0 Å². The molecule has 0 saturated heterocycles. The van der Waals surface area contributed by atoms with Crippen molar-refractivity contribution in [1.29, 1.82) is 0 Å². The number of hydrogen-bond acceptors (Lipinski definition) is 2. The second-order valence-electron chi connectivity index (χ2n) is 4.49. The van der Waals surface area contributed by atoms with Gasteiger partial charge in [-0.3, -0.25) is 4.98 Å². The molecule has 0 N–H and O–H groups in total. The van der Waals surface area contributed by atoms with Crippen LogP contribution in [0.4, 0.5) is 8.78 Å². The number of nitrogens with zero attached hydrogens (tertiary/aromatic N) is 1. The summed E-state index contributed by atoms with van der Waals surface area (Å²) in [7, 11) is 0. The van der Waals surface area contributed by atoms with E-state index in [0.717, 1.165) is 16.8 Å². The molecule has 0 unspecified atom stereocenters. The highest BCUT2D eigenvalue weighted by Gasteiger charge is 2.10. The lowest BCUT2D eigenvalue weighted by molar-refractivity contribution is -0.0498. The average Bonchev–Trinajstić information content (AvgIpc) is 2.39. The quantitative estimate of drug-likeness (QED) is 0.811. The van der Waals surface area contributed by atoms with Crippen LogP contribution in [0.1, 0.15) is 25.5 Å². The third kappa shape index (κ3) is 3.28. The minimum atomic E-state index is -2.80. The van der Waals surface area contributed by atoms with Crippen LogP contribution in [0.2, 0.25) is 0 Å². The molecule has 1 heterocycles. The lowest BCUT2D eigenvalue weighted by Crippen LogP contribution is -2.01. The van der Waals surface area contributed by atoms with Crippen molar-refractivity contribution in [2.75, 3.05) is 0 Å². The maximum Gasteiger partial charge on any atom is 0.387 e. The molecule has 0 radical (unpaired) electrons. The summed E-state index contributed by atoms with van der Waals surface area (Å²) in [5, 5.41) is 0. The van der Waals surface area contributed by atoms with Gasteiger partial charge in [-0.15, -0.1) is 0 Å². The van der Waals surface area contributed by atoms with Crippen molar-refractivity contribution in [3.63, 3.8) is 0 Å². The second kappa shape index (κ2) is 5.78. The van der Waals surface area contributed by atoms with E-state index in [4.69, 9.17) is 0 Å². The molecule has 0 saturated carbocycles. The molecule has 0 bridgehead atoms. The van der Waals surface area contributed by atoms with Crippen LogP contribution in [-0.4, -0.2) is 11.6 Å². The van der Waals surface area contributed by atoms with Gasteiger partial charge in [0.2, 0.25) is 0 Å². The van der Waals surface area contributed by atoms with Crippen LogP contribution < -0.4 is 4.74 Å². The Labute approximate surface area is 111 Å². The standard InChI is InChI=1S/C15H15F2NO/c1-10(2)14-13(4-3-9-18-14)11-5-7-12(8-6-11)19-15(16)17/h3-10,15H,1-2H3. The zero-order valence-corrected chi connectivity index (χ0v) is 10.8. The fourth-order valence-electron chi connectivity index (χ4n) is 1.94. The minimum absolute atomic E-state index is 0.161. The number of rotatable bonds is 4. The number of benzene rings is 1. The SMILES string of the molecule is CC(C)c1ncccc1-c1ccc(OC(F)F)cc1. The summed E-state index contributed by atoms with van der Waals surface area (Å²) in [4.78, 5) is 4.37. The van der Waals surface area contributed by atoms with Crippen LogP contribution >= 0.6 is 0 Å². The van der Waals surface area contributed by atoms with Crippen molar-refractivity contribution in [2.24, 2.45) is 0 Å². The molecule has 100 valence electrons. The predicted octanol–water partition coefficient (Wildman–Crippen LogP) is 4.47. The monoisotopic (exact) mass is 263 g/mol. The normalized spacial score (nSPS) is 11.1. The highest BCUT2D eigenvalue weighted by molar-refractivity contribution is 5.67. The van der Waals surface area contributed by atoms with Crippen LogP contribution in [0.5, 0.6) is 5.75 Å². The van der Waals surface area contributed by atoms with E-state index in [-0.39, 0.29) is 5.75 Å². The van der Waals surface area contributed by atoms with E-state index < -0.39 is 6.61 Å². The summed E-state index contributed by atoms with van der Waals surface area (Å²) >= 11 is 0. The van der Waals surface area contributed by atoms with Crippen LogP contribution in [0.15, 0.2) is 42.6 Å². The van der Waals surface area contributed by atoms with E-state index in [1.54, 1.807) is 30.5 Å². The summed E-state index contributed by atoms with van der Waals surface area (Å²) in [6, 6.07) is 10.5. The van der Waals surface area contributed by atoms with Crippen LogP contribution in [0.3, 0.4) is 0 Å². The lowest BCUT2D eigenvalue weighted by Gasteiger charge is -2.12. The van der Waals surface area contributed by atoms with E-state index in [0.29, 0.717) is 5.92 Å². The molecule has 0 aliphatic heterocycles. The van der Waals surface area contributed by atoms with Gasteiger partial charge in [0, 0.05) is 11.8 Å². The first-order chi connectivity index (χ1) is 9.08. The molecule has 1 aromatic heterocycles. The topological polar surface area (TPSA) is 22.1 Å². The molecule has 0 spiro atoms. The zero-order chi connectivity index (χ0) is 13.8. The molecule has 19 heavy (non-hydrogen) atoms. The van der Waals surface area contributed by atoms with Crippen molar-refractivity contribution in [2.45, 2.75) is 26.4 Å². The molecule has 2 rings (SSSR count). The molecule has 2 nitrogen and oxygen atoms in total. The summed E-state index contributed by atoms with van der Waals surface area (Å²) in [6.45, 7) is 1.34. The third-order valence-electron chi connectivity index (χ3n) is 2.78. The van der Waals surface area contributed by atoms with Gasteiger partial charge in [0.1, 0.15) is 5.75 Å². The molecule has 0 atom stereocenters. The number of halogens is 2. The first kappa shape index (κ1) is 13.5. The number of hydrogen-bond donors (Lipinski definition) is 0. The molecule has 0 amide bonds. The molecule has 4 heteroatoms. The van der Waals surface area contributed by atoms with E-state index in [9.17, 15) is 8.78 Å². The minimum Gasteiger partial charge on any atom is -0.435 e. The van der Waals surface area contributed by atoms with Gasteiger partial charge in [-0.1, -0.05) is 32.0 Å². The van der Waals surface area contributed by atoms with Gasteiger partial charge in [0.05, 0.1) is 5.69 Å². The smallest absolute Gasteiger partial charge is 0.387 e. The van der Waals surface area contributed by atoms with Gasteiger partial charge in [0.25, 0.3) is 0 Å². The maximum absolute atomic E-state index is 12.1. The Hall–Kier alpha value is -1.97. The summed E-state index contributed by atoms with van der Waals surface area (Å²) in [6.07, 6.45) is 1.76. The van der Waals surface area contributed by atoms with Gasteiger partial charge in [-0.2, -0.15) is 8.78 Å². The van der Waals surface area contributed by atoms with Crippen LogP contribution in [0, 0.1) is 0 Å². The van der Waals surface area contributed by atoms with Crippen LogP contribution in [0.25, 0.3) is 11.1 Å².